The molecule has 1 aliphatic heterocycles. The lowest BCUT2D eigenvalue weighted by molar-refractivity contribution is -0.137. The van der Waals surface area contributed by atoms with Gasteiger partial charge in [-0.05, 0) is 41.6 Å². The molecule has 0 bridgehead atoms. The molecule has 24 heavy (non-hydrogen) atoms. The van der Waals surface area contributed by atoms with Crippen molar-refractivity contribution in [2.24, 2.45) is 7.05 Å². The summed E-state index contributed by atoms with van der Waals surface area (Å²) in [6.07, 6.45) is -4.29. The fourth-order valence-electron chi connectivity index (χ4n) is 2.98. The molecule has 1 atom stereocenters. The molecular weight excluding hydrogens is 321 g/mol. The second-order valence-corrected chi connectivity index (χ2v) is 5.90. The minimum atomic E-state index is -4.29. The van der Waals surface area contributed by atoms with Crippen molar-refractivity contribution >= 4 is 5.69 Å². The third kappa shape index (κ3) is 3.35. The SMILES string of the molecule is C[C@@H](c1nnnn1C)N1CCN(c2ccc(C(F)(F)F)cc2)CC1. The highest BCUT2D eigenvalue weighted by atomic mass is 19.4. The van der Waals surface area contributed by atoms with Crippen molar-refractivity contribution < 1.29 is 13.2 Å². The molecule has 9 heteroatoms. The van der Waals surface area contributed by atoms with Gasteiger partial charge in [-0.15, -0.1) is 5.10 Å². The van der Waals surface area contributed by atoms with Crippen LogP contribution in [-0.2, 0) is 13.2 Å². The van der Waals surface area contributed by atoms with Crippen LogP contribution in [-0.4, -0.2) is 51.3 Å². The number of aryl methyl sites for hydroxylation is 1. The largest absolute Gasteiger partial charge is 0.416 e. The Morgan fingerprint density at radius 1 is 1.04 bits per heavy atom. The Hall–Kier alpha value is -2.16. The molecule has 3 rings (SSSR count). The van der Waals surface area contributed by atoms with Crippen LogP contribution in [0.3, 0.4) is 0 Å². The minimum Gasteiger partial charge on any atom is -0.369 e. The molecule has 0 N–H and O–H groups in total. The minimum absolute atomic E-state index is 0.0970. The first-order valence-corrected chi connectivity index (χ1v) is 7.75. The molecule has 0 amide bonds. The van der Waals surface area contributed by atoms with Crippen molar-refractivity contribution in [3.8, 4) is 0 Å². The number of alkyl halides is 3. The summed E-state index contributed by atoms with van der Waals surface area (Å²) >= 11 is 0. The van der Waals surface area contributed by atoms with Crippen LogP contribution < -0.4 is 4.90 Å². The lowest BCUT2D eigenvalue weighted by atomic mass is 10.1. The van der Waals surface area contributed by atoms with E-state index in [0.717, 1.165) is 49.8 Å². The average Bonchev–Trinajstić information content (AvgIpc) is 3.00. The summed E-state index contributed by atoms with van der Waals surface area (Å²) in [5, 5.41) is 11.6. The first-order valence-electron chi connectivity index (χ1n) is 7.75. The Morgan fingerprint density at radius 2 is 1.67 bits per heavy atom. The Kier molecular flexibility index (Phi) is 4.44. The molecule has 0 radical (unpaired) electrons. The van der Waals surface area contributed by atoms with Gasteiger partial charge in [0.05, 0.1) is 11.6 Å². The van der Waals surface area contributed by atoms with Gasteiger partial charge in [-0.2, -0.15) is 13.2 Å². The molecule has 6 nitrogen and oxygen atoms in total. The van der Waals surface area contributed by atoms with E-state index in [4.69, 9.17) is 0 Å². The zero-order valence-electron chi connectivity index (χ0n) is 13.5. The predicted molar refractivity (Wildman–Crippen MR) is 82.4 cm³/mol. The normalized spacial score (nSPS) is 18.0. The number of rotatable bonds is 3. The number of nitrogens with zero attached hydrogens (tertiary/aromatic N) is 6. The van der Waals surface area contributed by atoms with E-state index in [1.807, 2.05) is 7.05 Å². The second-order valence-electron chi connectivity index (χ2n) is 5.90. The third-order valence-electron chi connectivity index (χ3n) is 4.45. The summed E-state index contributed by atoms with van der Waals surface area (Å²) < 4.78 is 39.6. The second kappa shape index (κ2) is 6.39. The number of aromatic nitrogens is 4. The maximum absolute atomic E-state index is 12.6. The lowest BCUT2D eigenvalue weighted by Gasteiger charge is -2.38. The first-order chi connectivity index (χ1) is 11.4. The van der Waals surface area contributed by atoms with Gasteiger partial charge in [-0.3, -0.25) is 4.90 Å². The van der Waals surface area contributed by atoms with E-state index in [-0.39, 0.29) is 6.04 Å². The van der Waals surface area contributed by atoms with E-state index >= 15 is 0 Å². The Morgan fingerprint density at radius 3 is 2.17 bits per heavy atom. The fraction of sp³-hybridized carbons (Fsp3) is 0.533. The molecule has 1 aromatic carbocycles. The molecular formula is C15H19F3N6. The zero-order valence-corrected chi connectivity index (χ0v) is 13.5. The van der Waals surface area contributed by atoms with Gasteiger partial charge in [0.2, 0.25) is 0 Å². The molecule has 1 aromatic heterocycles. The van der Waals surface area contributed by atoms with Crippen LogP contribution >= 0.6 is 0 Å². The molecule has 0 unspecified atom stereocenters. The van der Waals surface area contributed by atoms with E-state index in [9.17, 15) is 13.2 Å². The summed E-state index contributed by atoms with van der Waals surface area (Å²) in [7, 11) is 1.81. The fourth-order valence-corrected chi connectivity index (χ4v) is 2.98. The van der Waals surface area contributed by atoms with E-state index in [2.05, 4.69) is 32.2 Å². The van der Waals surface area contributed by atoms with Gasteiger partial charge < -0.3 is 4.90 Å². The number of halogens is 3. The maximum atomic E-state index is 12.6. The Bertz CT molecular complexity index is 673. The Labute approximate surface area is 137 Å². The number of tetrazole rings is 1. The van der Waals surface area contributed by atoms with Crippen LogP contribution in [0.15, 0.2) is 24.3 Å². The van der Waals surface area contributed by atoms with Crippen molar-refractivity contribution in [3.05, 3.63) is 35.7 Å². The number of anilines is 1. The highest BCUT2D eigenvalue weighted by Gasteiger charge is 2.30. The van der Waals surface area contributed by atoms with E-state index in [1.165, 1.54) is 12.1 Å². The number of piperazine rings is 1. The maximum Gasteiger partial charge on any atom is 0.416 e. The van der Waals surface area contributed by atoms with Crippen molar-refractivity contribution in [3.63, 3.8) is 0 Å². The summed E-state index contributed by atoms with van der Waals surface area (Å²) in [6, 6.07) is 5.44. The number of hydrogen-bond acceptors (Lipinski definition) is 5. The molecule has 2 aromatic rings. The average molecular weight is 340 g/mol. The molecule has 0 saturated carbocycles. The molecule has 1 fully saturated rings. The monoisotopic (exact) mass is 340 g/mol. The molecule has 1 saturated heterocycles. The van der Waals surface area contributed by atoms with Gasteiger partial charge in [0, 0.05) is 38.9 Å². The van der Waals surface area contributed by atoms with Crippen molar-refractivity contribution in [1.29, 1.82) is 0 Å². The Balaban J connectivity index is 1.62. The number of benzene rings is 1. The number of hydrogen-bond donors (Lipinski definition) is 0. The first kappa shape index (κ1) is 16.7. The molecule has 1 aliphatic rings. The van der Waals surface area contributed by atoms with Gasteiger partial charge in [0.15, 0.2) is 5.82 Å². The van der Waals surface area contributed by atoms with Crippen LogP contribution in [0.2, 0.25) is 0 Å². The van der Waals surface area contributed by atoms with Gasteiger partial charge >= 0.3 is 6.18 Å². The van der Waals surface area contributed by atoms with Crippen molar-refractivity contribution in [1.82, 2.24) is 25.1 Å². The molecule has 0 spiro atoms. The van der Waals surface area contributed by atoms with Crippen molar-refractivity contribution in [2.45, 2.75) is 19.1 Å². The summed E-state index contributed by atoms with van der Waals surface area (Å²) in [5.41, 5.74) is 0.198. The van der Waals surface area contributed by atoms with Crippen molar-refractivity contribution in [2.75, 3.05) is 31.1 Å². The van der Waals surface area contributed by atoms with E-state index < -0.39 is 11.7 Å². The van der Waals surface area contributed by atoms with Crippen LogP contribution in [0, 0.1) is 0 Å². The third-order valence-corrected chi connectivity index (χ3v) is 4.45. The smallest absolute Gasteiger partial charge is 0.369 e. The lowest BCUT2D eigenvalue weighted by Crippen LogP contribution is -2.47. The van der Waals surface area contributed by atoms with Crippen LogP contribution in [0.25, 0.3) is 0 Å². The van der Waals surface area contributed by atoms with Gasteiger partial charge in [0.25, 0.3) is 0 Å². The van der Waals surface area contributed by atoms with E-state index in [1.54, 1.807) is 4.68 Å². The molecule has 130 valence electrons. The zero-order chi connectivity index (χ0) is 17.3. The molecule has 0 aliphatic carbocycles. The summed E-state index contributed by atoms with van der Waals surface area (Å²) in [5.74, 6) is 0.804. The summed E-state index contributed by atoms with van der Waals surface area (Å²) in [6.45, 7) is 5.16. The van der Waals surface area contributed by atoms with Gasteiger partial charge in [0.1, 0.15) is 0 Å². The highest BCUT2D eigenvalue weighted by Crippen LogP contribution is 2.31. The summed E-state index contributed by atoms with van der Waals surface area (Å²) in [4.78, 5) is 4.37. The van der Waals surface area contributed by atoms with Gasteiger partial charge in [-0.1, -0.05) is 0 Å². The van der Waals surface area contributed by atoms with Crippen LogP contribution in [0.4, 0.5) is 18.9 Å². The highest BCUT2D eigenvalue weighted by molar-refractivity contribution is 5.48. The predicted octanol–water partition coefficient (Wildman–Crippen LogP) is 2.11. The topological polar surface area (TPSA) is 50.1 Å². The van der Waals surface area contributed by atoms with Crippen LogP contribution in [0.5, 0.6) is 0 Å². The quantitative estimate of drug-likeness (QED) is 0.857. The van der Waals surface area contributed by atoms with Crippen LogP contribution in [0.1, 0.15) is 24.4 Å². The standard InChI is InChI=1S/C15H19F3N6/c1-11(14-19-20-21-22(14)2)23-7-9-24(10-8-23)13-5-3-12(4-6-13)15(16,17)18/h3-6,11H,7-10H2,1-2H3/t11-/m0/s1. The van der Waals surface area contributed by atoms with E-state index in [0.29, 0.717) is 0 Å². The molecule has 2 heterocycles. The van der Waals surface area contributed by atoms with Gasteiger partial charge in [-0.25, -0.2) is 4.68 Å².